The first-order chi connectivity index (χ1) is 7.04. The van der Waals surface area contributed by atoms with Gasteiger partial charge in [0, 0.05) is 19.0 Å². The van der Waals surface area contributed by atoms with E-state index in [2.05, 4.69) is 26.8 Å². The fraction of sp³-hybridized carbons (Fsp3) is 0.833. The Labute approximate surface area is 92.1 Å². The molecule has 0 radical (unpaired) electrons. The highest BCUT2D eigenvalue weighted by Gasteiger charge is 2.32. The molecule has 1 fully saturated rings. The Kier molecular flexibility index (Phi) is 4.14. The summed E-state index contributed by atoms with van der Waals surface area (Å²) in [6.07, 6.45) is 2.60. The minimum Gasteiger partial charge on any atom is -0.339 e. The summed E-state index contributed by atoms with van der Waals surface area (Å²) in [6.45, 7) is 7.10. The topological polar surface area (TPSA) is 44.1 Å². The third kappa shape index (κ3) is 3.23. The van der Waals surface area contributed by atoms with Gasteiger partial charge in [0.1, 0.15) is 0 Å². The Hall–Kier alpha value is -1.04. The van der Waals surface area contributed by atoms with E-state index in [0.717, 1.165) is 12.8 Å². The molecule has 0 aliphatic carbocycles. The van der Waals surface area contributed by atoms with Crippen LogP contribution in [0.1, 0.15) is 40.0 Å². The minimum absolute atomic E-state index is 0.0843. The average molecular weight is 208 g/mol. The van der Waals surface area contributed by atoms with Crippen molar-refractivity contribution in [2.24, 2.45) is 11.8 Å². The Bertz CT molecular complexity index is 267. The van der Waals surface area contributed by atoms with Crippen LogP contribution in [0.15, 0.2) is 0 Å². The zero-order valence-electron chi connectivity index (χ0n) is 9.86. The lowest BCUT2D eigenvalue weighted by Gasteiger charge is -2.24. The van der Waals surface area contributed by atoms with Gasteiger partial charge in [-0.05, 0) is 25.7 Å². The SMILES string of the molecule is CC(C)CCC(C)N1CC(C#N)CC1=O. The molecule has 0 saturated carbocycles. The summed E-state index contributed by atoms with van der Waals surface area (Å²) in [4.78, 5) is 13.5. The molecule has 15 heavy (non-hydrogen) atoms. The van der Waals surface area contributed by atoms with Gasteiger partial charge >= 0.3 is 0 Å². The van der Waals surface area contributed by atoms with Gasteiger partial charge in [-0.1, -0.05) is 13.8 Å². The van der Waals surface area contributed by atoms with Gasteiger partial charge in [0.15, 0.2) is 0 Å². The van der Waals surface area contributed by atoms with Crippen LogP contribution in [-0.2, 0) is 4.79 Å². The van der Waals surface area contributed by atoms with Crippen molar-refractivity contribution in [2.75, 3.05) is 6.54 Å². The van der Waals surface area contributed by atoms with Gasteiger partial charge in [-0.25, -0.2) is 0 Å². The molecule has 2 atom stereocenters. The predicted molar refractivity (Wildman–Crippen MR) is 59.0 cm³/mol. The zero-order valence-corrected chi connectivity index (χ0v) is 9.86. The normalized spacial score (nSPS) is 23.3. The molecular formula is C12H20N2O. The Morgan fingerprint density at radius 3 is 2.60 bits per heavy atom. The molecule has 84 valence electrons. The number of amides is 1. The molecule has 3 nitrogen and oxygen atoms in total. The molecule has 0 bridgehead atoms. The maximum atomic E-state index is 11.6. The number of hydrogen-bond acceptors (Lipinski definition) is 2. The van der Waals surface area contributed by atoms with E-state index in [4.69, 9.17) is 5.26 Å². The van der Waals surface area contributed by atoms with Crippen molar-refractivity contribution in [3.63, 3.8) is 0 Å². The fourth-order valence-corrected chi connectivity index (χ4v) is 1.97. The molecule has 1 amide bonds. The van der Waals surface area contributed by atoms with Crippen molar-refractivity contribution in [3.05, 3.63) is 0 Å². The Morgan fingerprint density at radius 1 is 1.47 bits per heavy atom. The van der Waals surface area contributed by atoms with E-state index in [1.54, 1.807) is 0 Å². The molecule has 1 aliphatic heterocycles. The van der Waals surface area contributed by atoms with Crippen molar-refractivity contribution in [1.29, 1.82) is 5.26 Å². The number of carbonyl (C=O) groups excluding carboxylic acids is 1. The highest BCUT2D eigenvalue weighted by atomic mass is 16.2. The molecule has 0 aromatic rings. The second-order valence-corrected chi connectivity index (χ2v) is 4.90. The number of hydrogen-bond donors (Lipinski definition) is 0. The number of likely N-dealkylation sites (tertiary alicyclic amines) is 1. The van der Waals surface area contributed by atoms with Crippen LogP contribution in [-0.4, -0.2) is 23.4 Å². The quantitative estimate of drug-likeness (QED) is 0.710. The predicted octanol–water partition coefficient (Wildman–Crippen LogP) is 2.18. The molecule has 0 N–H and O–H groups in total. The van der Waals surface area contributed by atoms with Gasteiger partial charge in [-0.2, -0.15) is 5.26 Å². The number of rotatable bonds is 4. The first-order valence-corrected chi connectivity index (χ1v) is 5.73. The summed E-state index contributed by atoms with van der Waals surface area (Å²) in [7, 11) is 0. The van der Waals surface area contributed by atoms with Gasteiger partial charge in [-0.3, -0.25) is 4.79 Å². The van der Waals surface area contributed by atoms with E-state index in [1.165, 1.54) is 0 Å². The number of nitrogens with zero attached hydrogens (tertiary/aromatic N) is 2. The number of carbonyl (C=O) groups is 1. The third-order valence-corrected chi connectivity index (χ3v) is 3.03. The second kappa shape index (κ2) is 5.16. The maximum absolute atomic E-state index is 11.6. The molecule has 0 aromatic heterocycles. The van der Waals surface area contributed by atoms with Crippen molar-refractivity contribution >= 4 is 5.91 Å². The van der Waals surface area contributed by atoms with Crippen LogP contribution >= 0.6 is 0 Å². The van der Waals surface area contributed by atoms with Crippen LogP contribution in [0.3, 0.4) is 0 Å². The summed E-state index contributed by atoms with van der Waals surface area (Å²) in [5, 5.41) is 8.77. The van der Waals surface area contributed by atoms with Gasteiger partial charge in [0.05, 0.1) is 12.0 Å². The lowest BCUT2D eigenvalue weighted by Crippen LogP contribution is -2.34. The van der Waals surface area contributed by atoms with Gasteiger partial charge < -0.3 is 4.90 Å². The number of nitriles is 1. The van der Waals surface area contributed by atoms with Crippen LogP contribution in [0.5, 0.6) is 0 Å². The standard InChI is InChI=1S/C12H20N2O/c1-9(2)4-5-10(3)14-8-11(7-13)6-12(14)15/h9-11H,4-6,8H2,1-3H3. The Balaban J connectivity index is 2.43. The van der Waals surface area contributed by atoms with Gasteiger partial charge in [0.2, 0.25) is 5.91 Å². The van der Waals surface area contributed by atoms with E-state index < -0.39 is 0 Å². The highest BCUT2D eigenvalue weighted by molar-refractivity contribution is 5.79. The first kappa shape index (κ1) is 12.0. The summed E-state index contributed by atoms with van der Waals surface area (Å²) in [5.74, 6) is 0.744. The van der Waals surface area contributed by atoms with Crippen molar-refractivity contribution in [2.45, 2.75) is 46.1 Å². The van der Waals surface area contributed by atoms with Crippen LogP contribution in [0.2, 0.25) is 0 Å². The molecule has 0 aromatic carbocycles. The van der Waals surface area contributed by atoms with E-state index in [9.17, 15) is 4.79 Å². The van der Waals surface area contributed by atoms with Crippen molar-refractivity contribution < 1.29 is 4.79 Å². The summed E-state index contributed by atoms with van der Waals surface area (Å²) < 4.78 is 0. The third-order valence-electron chi connectivity index (χ3n) is 3.03. The lowest BCUT2D eigenvalue weighted by atomic mass is 10.0. The van der Waals surface area contributed by atoms with E-state index in [0.29, 0.717) is 24.9 Å². The van der Waals surface area contributed by atoms with E-state index in [-0.39, 0.29) is 11.8 Å². The van der Waals surface area contributed by atoms with E-state index in [1.807, 2.05) is 4.90 Å². The molecule has 3 heteroatoms. The van der Waals surface area contributed by atoms with Crippen molar-refractivity contribution in [3.8, 4) is 6.07 Å². The van der Waals surface area contributed by atoms with Crippen molar-refractivity contribution in [1.82, 2.24) is 4.90 Å². The largest absolute Gasteiger partial charge is 0.339 e. The molecule has 1 aliphatic rings. The Morgan fingerprint density at radius 2 is 2.13 bits per heavy atom. The zero-order chi connectivity index (χ0) is 11.4. The molecule has 0 spiro atoms. The molecule has 1 heterocycles. The van der Waals surface area contributed by atoms with E-state index >= 15 is 0 Å². The molecule has 1 saturated heterocycles. The lowest BCUT2D eigenvalue weighted by molar-refractivity contribution is -0.129. The average Bonchev–Trinajstić information content (AvgIpc) is 2.56. The van der Waals surface area contributed by atoms with Gasteiger partial charge in [-0.15, -0.1) is 0 Å². The molecule has 2 unspecified atom stereocenters. The fourth-order valence-electron chi connectivity index (χ4n) is 1.97. The summed E-state index contributed by atoms with van der Waals surface area (Å²) in [6, 6.07) is 2.47. The maximum Gasteiger partial charge on any atom is 0.224 e. The molecular weight excluding hydrogens is 188 g/mol. The van der Waals surface area contributed by atoms with Crippen LogP contribution in [0, 0.1) is 23.2 Å². The molecule has 1 rings (SSSR count). The first-order valence-electron chi connectivity index (χ1n) is 5.73. The summed E-state index contributed by atoms with van der Waals surface area (Å²) >= 11 is 0. The van der Waals surface area contributed by atoms with Crippen LogP contribution < -0.4 is 0 Å². The minimum atomic E-state index is -0.0843. The van der Waals surface area contributed by atoms with Crippen LogP contribution in [0.4, 0.5) is 0 Å². The van der Waals surface area contributed by atoms with Crippen LogP contribution in [0.25, 0.3) is 0 Å². The monoisotopic (exact) mass is 208 g/mol. The van der Waals surface area contributed by atoms with Gasteiger partial charge in [0.25, 0.3) is 0 Å². The smallest absolute Gasteiger partial charge is 0.224 e. The summed E-state index contributed by atoms with van der Waals surface area (Å²) in [5.41, 5.74) is 0. The second-order valence-electron chi connectivity index (χ2n) is 4.90. The highest BCUT2D eigenvalue weighted by Crippen LogP contribution is 2.22.